The van der Waals surface area contributed by atoms with Gasteiger partial charge < -0.3 is 10.6 Å². The largest absolute Gasteiger partial charge is 0.354 e. The Morgan fingerprint density at radius 3 is 2.37 bits per heavy atom. The predicted molar refractivity (Wildman–Crippen MR) is 118 cm³/mol. The van der Waals surface area contributed by atoms with Gasteiger partial charge in [0.25, 0.3) is 0 Å². The van der Waals surface area contributed by atoms with Crippen LogP contribution in [0.4, 0.5) is 0 Å². The van der Waals surface area contributed by atoms with E-state index in [1.54, 1.807) is 0 Å². The molecule has 3 aromatic rings. The molecule has 1 aromatic heterocycles. The average molecular weight is 424 g/mol. The van der Waals surface area contributed by atoms with Gasteiger partial charge in [0.2, 0.25) is 11.8 Å². The van der Waals surface area contributed by atoms with E-state index >= 15 is 0 Å². The summed E-state index contributed by atoms with van der Waals surface area (Å²) in [6.45, 7) is 3.21. The molecule has 0 spiro atoms. The maximum absolute atomic E-state index is 12.2. The lowest BCUT2D eigenvalue weighted by atomic mass is 10.1. The second kappa shape index (κ2) is 10.5. The summed E-state index contributed by atoms with van der Waals surface area (Å²) in [6, 6.07) is 17.5. The van der Waals surface area contributed by atoms with Crippen molar-refractivity contribution in [1.29, 1.82) is 0 Å². The van der Waals surface area contributed by atoms with Gasteiger partial charge in [0, 0.05) is 31.6 Å². The van der Waals surface area contributed by atoms with Crippen molar-refractivity contribution in [3.05, 3.63) is 70.5 Å². The number of carbonyl (C=O) groups is 2. The summed E-state index contributed by atoms with van der Waals surface area (Å²) in [5.74, 6) is 0.536. The summed E-state index contributed by atoms with van der Waals surface area (Å²) in [4.78, 5) is 24.1. The fourth-order valence-corrected chi connectivity index (χ4v) is 3.22. The molecule has 0 aliphatic heterocycles. The Morgan fingerprint density at radius 1 is 1.00 bits per heavy atom. The van der Waals surface area contributed by atoms with Crippen molar-refractivity contribution >= 4 is 24.0 Å². The molecule has 156 valence electrons. The van der Waals surface area contributed by atoms with E-state index in [0.29, 0.717) is 36.7 Å². The maximum atomic E-state index is 12.2. The first-order valence-corrected chi connectivity index (χ1v) is 10.2. The number of rotatable bonds is 9. The Labute approximate surface area is 180 Å². The molecule has 0 radical (unpaired) electrons. The Kier molecular flexibility index (Phi) is 7.51. The van der Waals surface area contributed by atoms with Gasteiger partial charge in [-0.25, -0.2) is 0 Å². The SMILES string of the molecule is Cc1ccc(-c2n[nH]c(=S)n2CCC(=O)NCCNC(=O)Cc2ccccc2)cc1. The van der Waals surface area contributed by atoms with Gasteiger partial charge in [-0.05, 0) is 24.7 Å². The van der Waals surface area contributed by atoms with Crippen LogP contribution in [0.5, 0.6) is 0 Å². The molecule has 0 unspecified atom stereocenters. The fourth-order valence-electron chi connectivity index (χ4n) is 3.00. The minimum atomic E-state index is -0.106. The molecule has 0 atom stereocenters. The van der Waals surface area contributed by atoms with Gasteiger partial charge in [-0.3, -0.25) is 19.3 Å². The molecule has 0 fully saturated rings. The van der Waals surface area contributed by atoms with Crippen LogP contribution in [0.1, 0.15) is 17.5 Å². The Hall–Kier alpha value is -3.26. The quantitative estimate of drug-likeness (QED) is 0.365. The normalized spacial score (nSPS) is 10.6. The van der Waals surface area contributed by atoms with Crippen molar-refractivity contribution in [2.75, 3.05) is 13.1 Å². The molecule has 1 heterocycles. The van der Waals surface area contributed by atoms with E-state index in [1.165, 1.54) is 0 Å². The zero-order valence-corrected chi connectivity index (χ0v) is 17.7. The molecule has 3 rings (SSSR count). The summed E-state index contributed by atoms with van der Waals surface area (Å²) in [5, 5.41) is 12.7. The van der Waals surface area contributed by atoms with Gasteiger partial charge in [0.05, 0.1) is 6.42 Å². The van der Waals surface area contributed by atoms with Crippen LogP contribution >= 0.6 is 12.2 Å². The van der Waals surface area contributed by atoms with Crippen LogP contribution in [0.2, 0.25) is 0 Å². The molecular formula is C22H25N5O2S. The first-order chi connectivity index (χ1) is 14.5. The summed E-state index contributed by atoms with van der Waals surface area (Å²) in [5.41, 5.74) is 3.06. The second-order valence-corrected chi connectivity index (χ2v) is 7.37. The number of aromatic nitrogens is 3. The number of carbonyl (C=O) groups excluding carboxylic acids is 2. The standard InChI is InChI=1S/C22H25N5O2S/c1-16-7-9-18(10-8-16)21-25-26-22(30)27(21)14-11-19(28)23-12-13-24-20(29)15-17-5-3-2-4-6-17/h2-10H,11-15H2,1H3,(H,23,28)(H,24,29)(H,26,30). The van der Waals surface area contributed by atoms with Crippen LogP contribution in [0, 0.1) is 11.7 Å². The van der Waals surface area contributed by atoms with Gasteiger partial charge in [0.1, 0.15) is 0 Å². The second-order valence-electron chi connectivity index (χ2n) is 6.98. The predicted octanol–water partition coefficient (Wildman–Crippen LogP) is 2.78. The monoisotopic (exact) mass is 423 g/mol. The van der Waals surface area contributed by atoms with Crippen LogP contribution in [-0.4, -0.2) is 39.7 Å². The molecule has 30 heavy (non-hydrogen) atoms. The molecular weight excluding hydrogens is 398 g/mol. The van der Waals surface area contributed by atoms with Crippen molar-refractivity contribution in [1.82, 2.24) is 25.4 Å². The van der Waals surface area contributed by atoms with Crippen LogP contribution < -0.4 is 10.6 Å². The molecule has 8 heteroatoms. The highest BCUT2D eigenvalue weighted by Gasteiger charge is 2.10. The number of aryl methyl sites for hydroxylation is 1. The molecule has 0 aliphatic rings. The average Bonchev–Trinajstić information content (AvgIpc) is 3.11. The van der Waals surface area contributed by atoms with Crippen LogP contribution in [0.3, 0.4) is 0 Å². The fraction of sp³-hybridized carbons (Fsp3) is 0.273. The lowest BCUT2D eigenvalue weighted by Gasteiger charge is -2.09. The third-order valence-electron chi connectivity index (χ3n) is 4.61. The topological polar surface area (TPSA) is 91.8 Å². The number of nitrogens with zero attached hydrogens (tertiary/aromatic N) is 2. The van der Waals surface area contributed by atoms with E-state index in [9.17, 15) is 9.59 Å². The highest BCUT2D eigenvalue weighted by molar-refractivity contribution is 7.71. The van der Waals surface area contributed by atoms with Crippen LogP contribution in [0.25, 0.3) is 11.4 Å². The highest BCUT2D eigenvalue weighted by atomic mass is 32.1. The molecule has 3 N–H and O–H groups in total. The Balaban J connectivity index is 1.42. The van der Waals surface area contributed by atoms with Crippen molar-refractivity contribution in [2.45, 2.75) is 26.3 Å². The number of hydrogen-bond acceptors (Lipinski definition) is 4. The van der Waals surface area contributed by atoms with Gasteiger partial charge >= 0.3 is 0 Å². The van der Waals surface area contributed by atoms with E-state index < -0.39 is 0 Å². The number of nitrogens with one attached hydrogen (secondary N) is 3. The minimum Gasteiger partial charge on any atom is -0.354 e. The first kappa shape index (κ1) is 21.4. The molecule has 2 aromatic carbocycles. The Morgan fingerprint density at radius 2 is 1.67 bits per heavy atom. The summed E-state index contributed by atoms with van der Waals surface area (Å²) in [7, 11) is 0. The molecule has 0 bridgehead atoms. The third kappa shape index (κ3) is 6.12. The van der Waals surface area contributed by atoms with Crippen molar-refractivity contribution in [3.63, 3.8) is 0 Å². The lowest BCUT2D eigenvalue weighted by molar-refractivity contribution is -0.122. The van der Waals surface area contributed by atoms with Gasteiger partial charge in [-0.1, -0.05) is 60.2 Å². The van der Waals surface area contributed by atoms with Crippen molar-refractivity contribution in [3.8, 4) is 11.4 Å². The highest BCUT2D eigenvalue weighted by Crippen LogP contribution is 2.18. The molecule has 2 amide bonds. The van der Waals surface area contributed by atoms with E-state index in [-0.39, 0.29) is 18.2 Å². The zero-order valence-electron chi connectivity index (χ0n) is 16.9. The number of aromatic amines is 1. The van der Waals surface area contributed by atoms with E-state index in [0.717, 1.165) is 16.7 Å². The first-order valence-electron chi connectivity index (χ1n) is 9.82. The van der Waals surface area contributed by atoms with Gasteiger partial charge in [0.15, 0.2) is 10.6 Å². The minimum absolute atomic E-state index is 0.0668. The zero-order chi connectivity index (χ0) is 21.3. The third-order valence-corrected chi connectivity index (χ3v) is 4.92. The smallest absolute Gasteiger partial charge is 0.224 e. The van der Waals surface area contributed by atoms with E-state index in [1.807, 2.05) is 66.1 Å². The Bertz CT molecular complexity index is 1040. The van der Waals surface area contributed by atoms with E-state index in [4.69, 9.17) is 12.2 Å². The molecule has 0 aliphatic carbocycles. The number of hydrogen-bond donors (Lipinski definition) is 3. The van der Waals surface area contributed by atoms with Crippen molar-refractivity contribution in [2.24, 2.45) is 0 Å². The molecule has 7 nitrogen and oxygen atoms in total. The maximum Gasteiger partial charge on any atom is 0.224 e. The number of H-pyrrole nitrogens is 1. The summed E-state index contributed by atoms with van der Waals surface area (Å²) in [6.07, 6.45) is 0.597. The summed E-state index contributed by atoms with van der Waals surface area (Å²) < 4.78 is 2.30. The van der Waals surface area contributed by atoms with Crippen LogP contribution in [-0.2, 0) is 22.6 Å². The van der Waals surface area contributed by atoms with Gasteiger partial charge in [-0.15, -0.1) is 0 Å². The molecule has 0 saturated heterocycles. The van der Waals surface area contributed by atoms with Gasteiger partial charge in [-0.2, -0.15) is 5.10 Å². The van der Waals surface area contributed by atoms with Crippen molar-refractivity contribution < 1.29 is 9.59 Å². The lowest BCUT2D eigenvalue weighted by Crippen LogP contribution is -2.35. The number of benzene rings is 2. The number of amides is 2. The van der Waals surface area contributed by atoms with Crippen LogP contribution in [0.15, 0.2) is 54.6 Å². The van der Waals surface area contributed by atoms with E-state index in [2.05, 4.69) is 20.8 Å². The molecule has 0 saturated carbocycles. The summed E-state index contributed by atoms with van der Waals surface area (Å²) >= 11 is 5.30.